The van der Waals surface area contributed by atoms with E-state index in [0.717, 1.165) is 0 Å². The summed E-state index contributed by atoms with van der Waals surface area (Å²) in [6.07, 6.45) is 1.40. The maximum absolute atomic E-state index is 11.1. The van der Waals surface area contributed by atoms with E-state index >= 15 is 0 Å². The Labute approximate surface area is 152 Å². The zero-order chi connectivity index (χ0) is 19.6. The first kappa shape index (κ1) is 19.3. The van der Waals surface area contributed by atoms with Crippen molar-refractivity contribution < 1.29 is 34.0 Å². The second-order valence-corrected chi connectivity index (χ2v) is 8.04. The lowest BCUT2D eigenvalue weighted by Crippen LogP contribution is -2.43. The van der Waals surface area contributed by atoms with Crippen LogP contribution in [0.15, 0.2) is 12.7 Å². The molecule has 1 saturated heterocycles. The third-order valence-electron chi connectivity index (χ3n) is 3.82. The van der Waals surface area contributed by atoms with Gasteiger partial charge >= 0.3 is 19.8 Å². The van der Waals surface area contributed by atoms with E-state index in [0.29, 0.717) is 17.7 Å². The molecule has 0 aromatic carbocycles. The lowest BCUT2D eigenvalue weighted by molar-refractivity contribution is -0.145. The Morgan fingerprint density at radius 3 is 2.81 bits per heavy atom. The highest BCUT2D eigenvalue weighted by Crippen LogP contribution is 2.54. The molecule has 1 unspecified atom stereocenters. The van der Waals surface area contributed by atoms with Crippen LogP contribution in [0.2, 0.25) is 0 Å². The highest BCUT2D eigenvalue weighted by molar-refractivity contribution is 7.63. The highest BCUT2D eigenvalue weighted by atomic mass is 31.2. The smallest absolute Gasteiger partial charge is 0.371 e. The molecule has 3 atom stereocenters. The molecule has 2 aromatic heterocycles. The van der Waals surface area contributed by atoms with Crippen LogP contribution in [0.25, 0.3) is 11.2 Å². The van der Waals surface area contributed by atoms with Crippen LogP contribution in [0.5, 0.6) is 0 Å². The van der Waals surface area contributed by atoms with Crippen molar-refractivity contribution in [2.75, 3.05) is 18.7 Å². The SMILES string of the molecule is Nc1ncnc2c1ncn2C[C@@H]1CO[P+](O)(N[C@@H](CC(=O)O)C(=O)O)CO1. The summed E-state index contributed by atoms with van der Waals surface area (Å²) in [7, 11) is -3.40. The first-order chi connectivity index (χ1) is 12.8. The third-order valence-corrected chi connectivity index (χ3v) is 5.61. The van der Waals surface area contributed by atoms with Crippen molar-refractivity contribution in [3.05, 3.63) is 12.7 Å². The summed E-state index contributed by atoms with van der Waals surface area (Å²) in [6.45, 7) is 0.279. The van der Waals surface area contributed by atoms with E-state index in [4.69, 9.17) is 25.2 Å². The number of carboxylic acid groups (broad SMARTS) is 2. The Balaban J connectivity index is 1.61. The van der Waals surface area contributed by atoms with Gasteiger partial charge in [-0.15, -0.1) is 5.09 Å². The summed E-state index contributed by atoms with van der Waals surface area (Å²) in [5.74, 6) is -2.47. The molecule has 0 spiro atoms. The molecule has 6 N–H and O–H groups in total. The van der Waals surface area contributed by atoms with Crippen molar-refractivity contribution in [2.24, 2.45) is 0 Å². The molecule has 0 bridgehead atoms. The second kappa shape index (κ2) is 7.66. The van der Waals surface area contributed by atoms with E-state index in [9.17, 15) is 14.5 Å². The van der Waals surface area contributed by atoms with E-state index in [-0.39, 0.29) is 18.8 Å². The standard InChI is InChI=1S/C13H17N6O7P/c14-11-10-12(16-4-15-11)19(5-17-10)2-7-3-26-27(24,6-25-7)18-8(13(22)23)1-9(20)21/h4-5,7-8,18,24H,1-3,6H2,(H3-,14,15,16,20,21,22,23)/p+1/t7-,8+,27?/m1/s1. The fourth-order valence-corrected chi connectivity index (χ4v) is 4.27. The molecule has 27 heavy (non-hydrogen) atoms. The molecule has 1 aliphatic heterocycles. The van der Waals surface area contributed by atoms with E-state index < -0.39 is 38.4 Å². The average Bonchev–Trinajstić information content (AvgIpc) is 3.00. The molecule has 3 rings (SSSR count). The first-order valence-electron chi connectivity index (χ1n) is 7.78. The third kappa shape index (κ3) is 4.46. The summed E-state index contributed by atoms with van der Waals surface area (Å²) in [6, 6.07) is -1.49. The van der Waals surface area contributed by atoms with Gasteiger partial charge in [0.2, 0.25) is 6.35 Å². The number of imidazole rings is 1. The van der Waals surface area contributed by atoms with Gasteiger partial charge in [0.1, 0.15) is 24.6 Å². The monoisotopic (exact) mass is 401 g/mol. The summed E-state index contributed by atoms with van der Waals surface area (Å²) in [5, 5.41) is 20.2. The lowest BCUT2D eigenvalue weighted by atomic mass is 10.2. The van der Waals surface area contributed by atoms with Crippen molar-refractivity contribution in [1.29, 1.82) is 0 Å². The van der Waals surface area contributed by atoms with Gasteiger partial charge in [-0.1, -0.05) is 0 Å². The molecule has 146 valence electrons. The van der Waals surface area contributed by atoms with E-state index in [2.05, 4.69) is 20.0 Å². The van der Waals surface area contributed by atoms with Crippen LogP contribution in [0.1, 0.15) is 6.42 Å². The zero-order valence-corrected chi connectivity index (χ0v) is 14.8. The number of hydrogen-bond acceptors (Lipinski definition) is 10. The van der Waals surface area contributed by atoms with Gasteiger partial charge in [-0.3, -0.25) is 9.59 Å². The zero-order valence-electron chi connectivity index (χ0n) is 13.9. The molecule has 0 radical (unpaired) electrons. The van der Waals surface area contributed by atoms with Crippen LogP contribution >= 0.6 is 7.87 Å². The van der Waals surface area contributed by atoms with Gasteiger partial charge in [-0.05, 0) is 0 Å². The minimum absolute atomic E-state index is 0.0308. The lowest BCUT2D eigenvalue weighted by Gasteiger charge is -2.29. The molecule has 2 aromatic rings. The molecular formula is C13H18N6O7P+. The van der Waals surface area contributed by atoms with Gasteiger partial charge in [0, 0.05) is 0 Å². The van der Waals surface area contributed by atoms with Gasteiger partial charge in [0.05, 0.1) is 19.3 Å². The van der Waals surface area contributed by atoms with Crippen LogP contribution in [-0.2, 0) is 25.4 Å². The van der Waals surface area contributed by atoms with Gasteiger partial charge in [-0.25, -0.2) is 15.0 Å². The number of anilines is 1. The number of carboxylic acids is 2. The molecule has 0 amide bonds. The van der Waals surface area contributed by atoms with Crippen LogP contribution < -0.4 is 10.8 Å². The van der Waals surface area contributed by atoms with Gasteiger partial charge in [-0.2, -0.15) is 9.42 Å². The highest BCUT2D eigenvalue weighted by Gasteiger charge is 2.48. The second-order valence-electron chi connectivity index (χ2n) is 5.86. The molecular weight excluding hydrogens is 383 g/mol. The van der Waals surface area contributed by atoms with Crippen LogP contribution in [0, 0.1) is 0 Å². The van der Waals surface area contributed by atoms with Gasteiger partial charge < -0.3 is 25.3 Å². The summed E-state index contributed by atoms with van der Waals surface area (Å²) < 4.78 is 12.7. The Hall–Kier alpha value is -2.44. The molecule has 1 fully saturated rings. The number of ether oxygens (including phenoxy) is 1. The van der Waals surface area contributed by atoms with Crippen LogP contribution in [0.4, 0.5) is 5.82 Å². The molecule has 14 heteroatoms. The number of aromatic nitrogens is 4. The number of fused-ring (bicyclic) bond motifs is 1. The summed E-state index contributed by atoms with van der Waals surface area (Å²) in [4.78, 5) is 44.4. The minimum Gasteiger partial charge on any atom is -0.481 e. The van der Waals surface area contributed by atoms with E-state index in [1.54, 1.807) is 4.57 Å². The Bertz CT molecular complexity index is 853. The summed E-state index contributed by atoms with van der Waals surface area (Å²) >= 11 is 0. The Kier molecular flexibility index (Phi) is 5.48. The number of nitrogen functional groups attached to an aromatic ring is 1. The Morgan fingerprint density at radius 2 is 2.19 bits per heavy atom. The largest absolute Gasteiger partial charge is 0.481 e. The van der Waals surface area contributed by atoms with Crippen molar-refractivity contribution in [3.63, 3.8) is 0 Å². The predicted molar refractivity (Wildman–Crippen MR) is 91.4 cm³/mol. The number of carbonyl (C=O) groups is 2. The van der Waals surface area contributed by atoms with E-state index in [1.807, 2.05) is 0 Å². The Morgan fingerprint density at radius 1 is 1.41 bits per heavy atom. The minimum atomic E-state index is -3.40. The number of nitrogens with one attached hydrogen (secondary N) is 1. The fourth-order valence-electron chi connectivity index (χ4n) is 2.54. The van der Waals surface area contributed by atoms with Gasteiger partial charge in [0.25, 0.3) is 0 Å². The maximum Gasteiger partial charge on any atom is 0.371 e. The number of nitrogens with two attached hydrogens (primary N) is 1. The van der Waals surface area contributed by atoms with E-state index in [1.165, 1.54) is 12.7 Å². The molecule has 13 nitrogen and oxygen atoms in total. The number of aliphatic carboxylic acids is 2. The summed E-state index contributed by atoms with van der Waals surface area (Å²) in [5.41, 5.74) is 6.71. The first-order valence-corrected chi connectivity index (χ1v) is 9.62. The molecule has 3 heterocycles. The quantitative estimate of drug-likeness (QED) is 0.358. The topological polar surface area (TPSA) is 195 Å². The van der Waals surface area contributed by atoms with Crippen molar-refractivity contribution in [1.82, 2.24) is 24.6 Å². The fraction of sp³-hybridized carbons (Fsp3) is 0.462. The molecule has 0 saturated carbocycles. The van der Waals surface area contributed by atoms with Crippen molar-refractivity contribution in [3.8, 4) is 0 Å². The molecule has 0 aliphatic carbocycles. The van der Waals surface area contributed by atoms with Crippen molar-refractivity contribution >= 4 is 36.8 Å². The number of rotatable bonds is 7. The molecule has 1 aliphatic rings. The maximum atomic E-state index is 11.1. The number of hydrogen-bond donors (Lipinski definition) is 5. The van der Waals surface area contributed by atoms with Crippen LogP contribution in [-0.4, -0.2) is 71.7 Å². The normalized spacial score (nSPS) is 24.0. The predicted octanol–water partition coefficient (Wildman–Crippen LogP) is -0.946. The van der Waals surface area contributed by atoms with Crippen molar-refractivity contribution in [2.45, 2.75) is 25.1 Å². The average molecular weight is 401 g/mol. The van der Waals surface area contributed by atoms with Crippen LogP contribution in [0.3, 0.4) is 0 Å². The number of nitrogens with zero attached hydrogens (tertiary/aromatic N) is 4. The van der Waals surface area contributed by atoms with Gasteiger partial charge in [0.15, 0.2) is 17.5 Å².